The van der Waals surface area contributed by atoms with Crippen molar-refractivity contribution in [1.29, 1.82) is 0 Å². The molecule has 0 aliphatic carbocycles. The van der Waals surface area contributed by atoms with Crippen LogP contribution in [0.15, 0.2) is 48.5 Å². The molecule has 4 heteroatoms. The van der Waals surface area contributed by atoms with Gasteiger partial charge in [0.15, 0.2) is 5.69 Å². The van der Waals surface area contributed by atoms with E-state index in [9.17, 15) is 9.59 Å². The van der Waals surface area contributed by atoms with Crippen LogP contribution in [0.25, 0.3) is 4.85 Å². The molecule has 2 aromatic rings. The van der Waals surface area contributed by atoms with Gasteiger partial charge in [-0.1, -0.05) is 36.4 Å². The van der Waals surface area contributed by atoms with Crippen LogP contribution in [0.3, 0.4) is 0 Å². The van der Waals surface area contributed by atoms with Crippen molar-refractivity contribution in [3.05, 3.63) is 76.6 Å². The van der Waals surface area contributed by atoms with Crippen LogP contribution in [-0.2, 0) is 6.54 Å². The molecule has 0 radical (unpaired) electrons. The van der Waals surface area contributed by atoms with Gasteiger partial charge in [0.25, 0.3) is 11.8 Å². The minimum Gasteiger partial charge on any atom is -0.270 e. The summed E-state index contributed by atoms with van der Waals surface area (Å²) in [5.41, 5.74) is 2.16. The lowest BCUT2D eigenvalue weighted by Crippen LogP contribution is -2.29. The number of carbonyl (C=O) groups is 2. The average Bonchev–Trinajstić information content (AvgIpc) is 2.73. The molecule has 0 atom stereocenters. The summed E-state index contributed by atoms with van der Waals surface area (Å²) in [7, 11) is 0. The summed E-state index contributed by atoms with van der Waals surface area (Å²) < 4.78 is 0. The van der Waals surface area contributed by atoms with Gasteiger partial charge in [-0.3, -0.25) is 14.5 Å². The number of amides is 2. The molecular formula is C16H10N2O2. The van der Waals surface area contributed by atoms with Gasteiger partial charge in [-0.15, -0.1) is 0 Å². The van der Waals surface area contributed by atoms with Crippen LogP contribution in [0, 0.1) is 6.57 Å². The highest BCUT2D eigenvalue weighted by Gasteiger charge is 2.34. The molecule has 96 valence electrons. The fraction of sp³-hybridized carbons (Fsp3) is 0.0625. The van der Waals surface area contributed by atoms with Crippen molar-refractivity contribution in [2.24, 2.45) is 0 Å². The highest BCUT2D eigenvalue weighted by molar-refractivity contribution is 6.21. The lowest BCUT2D eigenvalue weighted by atomic mass is 10.1. The van der Waals surface area contributed by atoms with Crippen LogP contribution < -0.4 is 0 Å². The van der Waals surface area contributed by atoms with Crippen molar-refractivity contribution in [3.8, 4) is 0 Å². The topological polar surface area (TPSA) is 41.7 Å². The Bertz CT molecular complexity index is 724. The molecule has 2 aromatic carbocycles. The minimum atomic E-state index is -0.279. The van der Waals surface area contributed by atoms with Gasteiger partial charge in [-0.05, 0) is 17.7 Å². The van der Waals surface area contributed by atoms with Crippen molar-refractivity contribution in [1.82, 2.24) is 4.90 Å². The number of carbonyl (C=O) groups excluding carboxylic acids is 2. The maximum Gasteiger partial charge on any atom is 0.261 e. The monoisotopic (exact) mass is 262 g/mol. The first-order chi connectivity index (χ1) is 9.70. The molecule has 0 saturated carbocycles. The largest absolute Gasteiger partial charge is 0.270 e. The molecule has 20 heavy (non-hydrogen) atoms. The molecule has 4 nitrogen and oxygen atoms in total. The lowest BCUT2D eigenvalue weighted by molar-refractivity contribution is 0.0642. The van der Waals surface area contributed by atoms with E-state index < -0.39 is 0 Å². The quantitative estimate of drug-likeness (QED) is 0.616. The van der Waals surface area contributed by atoms with E-state index in [0.29, 0.717) is 16.8 Å². The molecule has 1 heterocycles. The van der Waals surface area contributed by atoms with Crippen LogP contribution in [0.4, 0.5) is 5.69 Å². The first kappa shape index (κ1) is 12.1. The summed E-state index contributed by atoms with van der Waals surface area (Å²) in [5, 5.41) is 0. The van der Waals surface area contributed by atoms with E-state index in [2.05, 4.69) is 4.85 Å². The number of hydrogen-bond acceptors (Lipinski definition) is 2. The molecule has 0 unspecified atom stereocenters. The van der Waals surface area contributed by atoms with E-state index in [-0.39, 0.29) is 18.4 Å². The predicted octanol–water partition coefficient (Wildman–Crippen LogP) is 3.03. The first-order valence-electron chi connectivity index (χ1n) is 6.12. The normalized spacial score (nSPS) is 13.2. The zero-order valence-corrected chi connectivity index (χ0v) is 10.5. The number of nitrogens with zero attached hydrogens (tertiary/aromatic N) is 2. The van der Waals surface area contributed by atoms with Crippen molar-refractivity contribution in [3.63, 3.8) is 0 Å². The van der Waals surface area contributed by atoms with Gasteiger partial charge in [0, 0.05) is 0 Å². The van der Waals surface area contributed by atoms with Gasteiger partial charge in [-0.25, -0.2) is 4.85 Å². The summed E-state index contributed by atoms with van der Waals surface area (Å²) in [6, 6.07) is 13.7. The Morgan fingerprint density at radius 3 is 2.20 bits per heavy atom. The van der Waals surface area contributed by atoms with Crippen LogP contribution in [0.2, 0.25) is 0 Å². The van der Waals surface area contributed by atoms with Gasteiger partial charge < -0.3 is 0 Å². The highest BCUT2D eigenvalue weighted by atomic mass is 16.2. The molecule has 0 fully saturated rings. The van der Waals surface area contributed by atoms with Gasteiger partial charge >= 0.3 is 0 Å². The van der Waals surface area contributed by atoms with Crippen molar-refractivity contribution >= 4 is 17.5 Å². The molecule has 0 aromatic heterocycles. The first-order valence-corrected chi connectivity index (χ1v) is 6.12. The van der Waals surface area contributed by atoms with Crippen molar-refractivity contribution in [2.75, 3.05) is 0 Å². The smallest absolute Gasteiger partial charge is 0.261 e. The second kappa shape index (κ2) is 4.63. The molecule has 3 rings (SSSR count). The third-order valence-corrected chi connectivity index (χ3v) is 3.26. The highest BCUT2D eigenvalue weighted by Crippen LogP contribution is 2.25. The SMILES string of the molecule is [C-]#[N+]c1cccc(CN2C(=O)c3ccccc3C2=O)c1. The molecule has 0 N–H and O–H groups in total. The second-order valence-corrected chi connectivity index (χ2v) is 4.52. The predicted molar refractivity (Wildman–Crippen MR) is 73.4 cm³/mol. The average molecular weight is 262 g/mol. The third-order valence-electron chi connectivity index (χ3n) is 3.26. The van der Waals surface area contributed by atoms with E-state index in [1.54, 1.807) is 48.5 Å². The maximum absolute atomic E-state index is 12.2. The summed E-state index contributed by atoms with van der Waals surface area (Å²) in [6.45, 7) is 7.18. The Kier molecular flexibility index (Phi) is 2.81. The summed E-state index contributed by atoms with van der Waals surface area (Å²) >= 11 is 0. The van der Waals surface area contributed by atoms with Crippen LogP contribution >= 0.6 is 0 Å². The molecule has 0 spiro atoms. The fourth-order valence-corrected chi connectivity index (χ4v) is 2.29. The van der Waals surface area contributed by atoms with Crippen LogP contribution in [0.5, 0.6) is 0 Å². The van der Waals surface area contributed by atoms with E-state index in [0.717, 1.165) is 5.56 Å². The van der Waals surface area contributed by atoms with E-state index in [1.165, 1.54) is 4.90 Å². The maximum atomic E-state index is 12.2. The zero-order chi connectivity index (χ0) is 14.1. The molecule has 0 saturated heterocycles. The summed E-state index contributed by atoms with van der Waals surface area (Å²) in [4.78, 5) is 29.0. The number of benzene rings is 2. The molecule has 2 amide bonds. The fourth-order valence-electron chi connectivity index (χ4n) is 2.29. The standard InChI is InChI=1S/C16H10N2O2/c1-17-12-6-4-5-11(9-12)10-18-15(19)13-7-2-3-8-14(13)16(18)20/h2-9H,10H2. The van der Waals surface area contributed by atoms with Crippen LogP contribution in [0.1, 0.15) is 26.3 Å². The minimum absolute atomic E-state index is 0.190. The van der Waals surface area contributed by atoms with Crippen molar-refractivity contribution in [2.45, 2.75) is 6.54 Å². The number of fused-ring (bicyclic) bond motifs is 1. The number of imide groups is 1. The van der Waals surface area contributed by atoms with Crippen molar-refractivity contribution < 1.29 is 9.59 Å². The third kappa shape index (κ3) is 1.86. The lowest BCUT2D eigenvalue weighted by Gasteiger charge is -2.13. The zero-order valence-electron chi connectivity index (χ0n) is 10.5. The Labute approximate surface area is 116 Å². The van der Waals surface area contributed by atoms with E-state index in [4.69, 9.17) is 6.57 Å². The van der Waals surface area contributed by atoms with Gasteiger partial charge in [0.05, 0.1) is 24.2 Å². The molecule has 1 aliphatic heterocycles. The van der Waals surface area contributed by atoms with E-state index in [1.807, 2.05) is 0 Å². The Morgan fingerprint density at radius 1 is 0.950 bits per heavy atom. The van der Waals surface area contributed by atoms with Gasteiger partial charge in [0.2, 0.25) is 0 Å². The van der Waals surface area contributed by atoms with Gasteiger partial charge in [-0.2, -0.15) is 0 Å². The molecular weight excluding hydrogens is 252 g/mol. The van der Waals surface area contributed by atoms with E-state index >= 15 is 0 Å². The Balaban J connectivity index is 1.92. The van der Waals surface area contributed by atoms with Gasteiger partial charge in [0.1, 0.15) is 0 Å². The number of rotatable bonds is 2. The Hall–Kier alpha value is -2.93. The molecule has 0 bridgehead atoms. The second-order valence-electron chi connectivity index (χ2n) is 4.52. The number of hydrogen-bond donors (Lipinski definition) is 0. The summed E-state index contributed by atoms with van der Waals surface area (Å²) in [6.07, 6.45) is 0. The Morgan fingerprint density at radius 2 is 1.60 bits per heavy atom. The van der Waals surface area contributed by atoms with Crippen LogP contribution in [-0.4, -0.2) is 16.7 Å². The molecule has 1 aliphatic rings. The summed E-state index contributed by atoms with van der Waals surface area (Å²) in [5.74, 6) is -0.558.